The Hall–Kier alpha value is -2.38. The zero-order valence-corrected chi connectivity index (χ0v) is 18.8. The van der Waals surface area contributed by atoms with E-state index in [0.717, 1.165) is 22.6 Å². The minimum absolute atomic E-state index is 0.143. The molecule has 1 saturated heterocycles. The zero-order chi connectivity index (χ0) is 21.6. The van der Waals surface area contributed by atoms with Crippen molar-refractivity contribution in [2.24, 2.45) is 4.99 Å². The standard InChI is InChI=1S/C23H31N3O3S/c1-23(2)18-26(13-14-30(23,27)28)22(24-3)25-15-20-11-7-8-12-21(20)17-29-16-19-9-5-4-6-10-19/h4-12H,13-18H2,1-3H3,(H,24,25). The van der Waals surface area contributed by atoms with Gasteiger partial charge in [0.05, 0.1) is 23.7 Å². The average Bonchev–Trinajstić information content (AvgIpc) is 2.73. The minimum atomic E-state index is -3.08. The number of benzene rings is 2. The molecule has 0 unspecified atom stereocenters. The van der Waals surface area contributed by atoms with Crippen LogP contribution in [0.3, 0.4) is 0 Å². The van der Waals surface area contributed by atoms with Crippen molar-refractivity contribution in [2.75, 3.05) is 25.9 Å². The van der Waals surface area contributed by atoms with Crippen LogP contribution in [0.2, 0.25) is 0 Å². The minimum Gasteiger partial charge on any atom is -0.372 e. The number of ether oxygens (including phenoxy) is 1. The van der Waals surface area contributed by atoms with Gasteiger partial charge in [-0.25, -0.2) is 8.42 Å². The van der Waals surface area contributed by atoms with Crippen molar-refractivity contribution in [2.45, 2.75) is 38.4 Å². The summed E-state index contributed by atoms with van der Waals surface area (Å²) >= 11 is 0. The third-order valence-corrected chi connectivity index (χ3v) is 8.01. The second-order valence-corrected chi connectivity index (χ2v) is 10.9. The first-order valence-electron chi connectivity index (χ1n) is 10.2. The predicted octanol–water partition coefficient (Wildman–Crippen LogP) is 2.99. The molecule has 30 heavy (non-hydrogen) atoms. The third-order valence-electron chi connectivity index (χ3n) is 5.48. The second-order valence-electron chi connectivity index (χ2n) is 8.15. The topological polar surface area (TPSA) is 71.0 Å². The van der Waals surface area contributed by atoms with Crippen molar-refractivity contribution in [3.8, 4) is 0 Å². The maximum Gasteiger partial charge on any atom is 0.193 e. The molecule has 0 radical (unpaired) electrons. The highest BCUT2D eigenvalue weighted by molar-refractivity contribution is 7.92. The molecule has 0 atom stereocenters. The van der Waals surface area contributed by atoms with Crippen LogP contribution in [0.25, 0.3) is 0 Å². The molecule has 1 aliphatic rings. The molecule has 1 aliphatic heterocycles. The molecule has 2 aromatic carbocycles. The van der Waals surface area contributed by atoms with E-state index >= 15 is 0 Å². The fraction of sp³-hybridized carbons (Fsp3) is 0.435. The van der Waals surface area contributed by atoms with Crippen LogP contribution in [0.5, 0.6) is 0 Å². The second kappa shape index (κ2) is 9.62. The van der Waals surface area contributed by atoms with Gasteiger partial charge >= 0.3 is 0 Å². The normalized spacial score (nSPS) is 18.2. The van der Waals surface area contributed by atoms with Crippen molar-refractivity contribution < 1.29 is 13.2 Å². The molecule has 0 spiro atoms. The van der Waals surface area contributed by atoms with E-state index < -0.39 is 14.6 Å². The molecule has 162 valence electrons. The van der Waals surface area contributed by atoms with Gasteiger partial charge in [0.1, 0.15) is 0 Å². The summed E-state index contributed by atoms with van der Waals surface area (Å²) in [6, 6.07) is 18.3. The van der Waals surface area contributed by atoms with Crippen LogP contribution in [0.1, 0.15) is 30.5 Å². The van der Waals surface area contributed by atoms with Crippen LogP contribution >= 0.6 is 0 Å². The Kier molecular flexibility index (Phi) is 7.15. The summed E-state index contributed by atoms with van der Waals surface area (Å²) in [4.78, 5) is 6.40. The van der Waals surface area contributed by atoms with E-state index in [4.69, 9.17) is 4.74 Å². The maximum atomic E-state index is 12.3. The number of hydrogen-bond donors (Lipinski definition) is 1. The quantitative estimate of drug-likeness (QED) is 0.565. The molecule has 0 aliphatic carbocycles. The Labute approximate surface area is 179 Å². The highest BCUT2D eigenvalue weighted by atomic mass is 32.2. The van der Waals surface area contributed by atoms with E-state index in [0.29, 0.717) is 32.8 Å². The van der Waals surface area contributed by atoms with E-state index in [9.17, 15) is 8.42 Å². The average molecular weight is 430 g/mol. The zero-order valence-electron chi connectivity index (χ0n) is 18.0. The third kappa shape index (κ3) is 5.40. The molecule has 1 N–H and O–H groups in total. The monoisotopic (exact) mass is 429 g/mol. The number of nitrogens with zero attached hydrogens (tertiary/aromatic N) is 2. The van der Waals surface area contributed by atoms with E-state index in [1.165, 1.54) is 0 Å². The van der Waals surface area contributed by atoms with Crippen LogP contribution in [0.15, 0.2) is 59.6 Å². The summed E-state index contributed by atoms with van der Waals surface area (Å²) in [5.74, 6) is 0.864. The SMILES string of the molecule is CN=C(NCc1ccccc1COCc1ccccc1)N1CCS(=O)(=O)C(C)(C)C1. The van der Waals surface area contributed by atoms with E-state index in [1.54, 1.807) is 20.9 Å². The van der Waals surface area contributed by atoms with E-state index in [-0.39, 0.29) is 5.75 Å². The molecule has 2 aromatic rings. The Morgan fingerprint density at radius 3 is 2.40 bits per heavy atom. The Bertz CT molecular complexity index is 972. The van der Waals surface area contributed by atoms with Crippen molar-refractivity contribution in [1.82, 2.24) is 10.2 Å². The van der Waals surface area contributed by atoms with Gasteiger partial charge in [-0.2, -0.15) is 0 Å². The summed E-state index contributed by atoms with van der Waals surface area (Å²) in [7, 11) is -1.35. The number of nitrogens with one attached hydrogen (secondary N) is 1. The molecule has 3 rings (SSSR count). The van der Waals surface area contributed by atoms with Gasteiger partial charge in [-0.15, -0.1) is 0 Å². The smallest absolute Gasteiger partial charge is 0.193 e. The van der Waals surface area contributed by atoms with Crippen molar-refractivity contribution >= 4 is 15.8 Å². The lowest BCUT2D eigenvalue weighted by atomic mass is 10.1. The van der Waals surface area contributed by atoms with Crippen LogP contribution < -0.4 is 5.32 Å². The number of rotatable bonds is 6. The largest absolute Gasteiger partial charge is 0.372 e. The Morgan fingerprint density at radius 2 is 1.73 bits per heavy atom. The van der Waals surface area contributed by atoms with Gasteiger partial charge < -0.3 is 15.0 Å². The summed E-state index contributed by atoms with van der Waals surface area (Å²) in [6.45, 7) is 6.13. The van der Waals surface area contributed by atoms with Gasteiger partial charge in [0, 0.05) is 26.7 Å². The molecule has 1 fully saturated rings. The maximum absolute atomic E-state index is 12.3. The Morgan fingerprint density at radius 1 is 1.07 bits per heavy atom. The number of guanidine groups is 1. The fourth-order valence-corrected chi connectivity index (χ4v) is 4.92. The lowest BCUT2D eigenvalue weighted by Crippen LogP contribution is -2.57. The summed E-state index contributed by atoms with van der Waals surface area (Å²) < 4.78 is 29.7. The molecule has 0 amide bonds. The highest BCUT2D eigenvalue weighted by Crippen LogP contribution is 2.23. The molecule has 0 bridgehead atoms. The first kappa shape index (κ1) is 22.3. The van der Waals surface area contributed by atoms with Gasteiger partial charge in [0.15, 0.2) is 15.8 Å². The first-order valence-corrected chi connectivity index (χ1v) is 11.8. The summed E-state index contributed by atoms with van der Waals surface area (Å²) in [5, 5.41) is 3.39. The van der Waals surface area contributed by atoms with E-state index in [2.05, 4.69) is 34.6 Å². The molecule has 0 saturated carbocycles. The van der Waals surface area contributed by atoms with Crippen molar-refractivity contribution in [3.63, 3.8) is 0 Å². The van der Waals surface area contributed by atoms with Gasteiger partial charge in [-0.1, -0.05) is 54.6 Å². The number of sulfone groups is 1. The number of aliphatic imine (C=N–C) groups is 1. The summed E-state index contributed by atoms with van der Waals surface area (Å²) in [6.07, 6.45) is 0. The fourth-order valence-electron chi connectivity index (χ4n) is 3.55. The van der Waals surface area contributed by atoms with Crippen LogP contribution in [-0.2, 0) is 34.3 Å². The highest BCUT2D eigenvalue weighted by Gasteiger charge is 2.40. The van der Waals surface area contributed by atoms with Crippen LogP contribution in [0, 0.1) is 0 Å². The van der Waals surface area contributed by atoms with Crippen molar-refractivity contribution in [3.05, 3.63) is 71.3 Å². The molecular formula is C23H31N3O3S. The van der Waals surface area contributed by atoms with Gasteiger partial charge in [-0.3, -0.25) is 4.99 Å². The number of hydrogen-bond acceptors (Lipinski definition) is 4. The lowest BCUT2D eigenvalue weighted by Gasteiger charge is -2.39. The molecule has 6 nitrogen and oxygen atoms in total. The lowest BCUT2D eigenvalue weighted by molar-refractivity contribution is 0.106. The molecule has 7 heteroatoms. The van der Waals surface area contributed by atoms with Gasteiger partial charge in [0.2, 0.25) is 0 Å². The predicted molar refractivity (Wildman–Crippen MR) is 121 cm³/mol. The van der Waals surface area contributed by atoms with Crippen molar-refractivity contribution in [1.29, 1.82) is 0 Å². The van der Waals surface area contributed by atoms with Crippen LogP contribution in [0.4, 0.5) is 0 Å². The van der Waals surface area contributed by atoms with E-state index in [1.807, 2.05) is 35.2 Å². The Balaban J connectivity index is 1.60. The van der Waals surface area contributed by atoms with Gasteiger partial charge in [0.25, 0.3) is 0 Å². The van der Waals surface area contributed by atoms with Gasteiger partial charge in [-0.05, 0) is 30.5 Å². The molecule has 0 aromatic heterocycles. The summed E-state index contributed by atoms with van der Waals surface area (Å²) in [5.41, 5.74) is 3.41. The molecule has 1 heterocycles. The first-order chi connectivity index (χ1) is 14.3. The molecular weight excluding hydrogens is 398 g/mol. The van der Waals surface area contributed by atoms with Crippen LogP contribution in [-0.4, -0.2) is 49.9 Å².